The summed E-state index contributed by atoms with van der Waals surface area (Å²) in [6, 6.07) is 4.86. The van der Waals surface area contributed by atoms with Crippen LogP contribution >= 0.6 is 0 Å². The van der Waals surface area contributed by atoms with E-state index < -0.39 is 6.03 Å². The van der Waals surface area contributed by atoms with Crippen LogP contribution in [-0.2, 0) is 4.79 Å². The number of hydrogen-bond donors (Lipinski definition) is 1. The smallest absolute Gasteiger partial charge is 0.328 e. The molecule has 1 N–H and O–H groups in total. The van der Waals surface area contributed by atoms with Crippen molar-refractivity contribution in [2.75, 3.05) is 20.8 Å². The van der Waals surface area contributed by atoms with Gasteiger partial charge in [-0.25, -0.2) is 4.79 Å². The summed E-state index contributed by atoms with van der Waals surface area (Å²) < 4.78 is 10.7. The molecule has 6 heteroatoms. The van der Waals surface area contributed by atoms with Crippen molar-refractivity contribution in [3.05, 3.63) is 29.5 Å². The molecule has 0 aromatic heterocycles. The molecule has 20 heavy (non-hydrogen) atoms. The maximum atomic E-state index is 11.8. The molecule has 0 bridgehead atoms. The highest BCUT2D eigenvalue weighted by atomic mass is 16.5. The molecule has 1 aliphatic heterocycles. The Morgan fingerprint density at radius 3 is 2.60 bits per heavy atom. The second-order valence-corrected chi connectivity index (χ2v) is 4.20. The summed E-state index contributed by atoms with van der Waals surface area (Å²) in [7, 11) is 2.99. The first-order valence-electron chi connectivity index (χ1n) is 6.18. The van der Waals surface area contributed by atoms with Crippen molar-refractivity contribution in [3.63, 3.8) is 0 Å². The third-order valence-corrected chi connectivity index (χ3v) is 2.88. The van der Waals surface area contributed by atoms with E-state index in [1.807, 2.05) is 6.92 Å². The van der Waals surface area contributed by atoms with E-state index in [1.54, 1.807) is 31.4 Å². The zero-order chi connectivity index (χ0) is 14.7. The second kappa shape index (κ2) is 5.64. The molecule has 1 aromatic carbocycles. The van der Waals surface area contributed by atoms with Crippen LogP contribution in [0.3, 0.4) is 0 Å². The number of imide groups is 1. The van der Waals surface area contributed by atoms with Gasteiger partial charge in [-0.2, -0.15) is 0 Å². The van der Waals surface area contributed by atoms with E-state index in [2.05, 4.69) is 5.32 Å². The number of rotatable bonds is 4. The maximum Gasteiger partial charge on any atom is 0.328 e. The van der Waals surface area contributed by atoms with Crippen molar-refractivity contribution in [3.8, 4) is 11.5 Å². The molecule has 0 atom stereocenters. The summed E-state index contributed by atoms with van der Waals surface area (Å²) in [5.74, 6) is 0.853. The number of urea groups is 1. The van der Waals surface area contributed by atoms with Crippen LogP contribution in [0.15, 0.2) is 23.9 Å². The molecule has 0 aliphatic carbocycles. The molecule has 2 rings (SSSR count). The largest absolute Gasteiger partial charge is 0.493 e. The summed E-state index contributed by atoms with van der Waals surface area (Å²) in [6.07, 6.45) is 1.60. The minimum atomic E-state index is -0.431. The van der Waals surface area contributed by atoms with E-state index in [0.717, 1.165) is 10.5 Å². The number of carbonyl (C=O) groups excluding carboxylic acids is 2. The molecule has 0 spiro atoms. The van der Waals surface area contributed by atoms with E-state index in [-0.39, 0.29) is 11.6 Å². The van der Waals surface area contributed by atoms with Crippen LogP contribution in [0.25, 0.3) is 6.08 Å². The number of hydrogen-bond acceptors (Lipinski definition) is 4. The summed E-state index contributed by atoms with van der Waals surface area (Å²) in [5.41, 5.74) is 0.985. The Kier molecular flexibility index (Phi) is 3.93. The molecule has 106 valence electrons. The van der Waals surface area contributed by atoms with Crippen molar-refractivity contribution in [1.29, 1.82) is 0 Å². The lowest BCUT2D eigenvalue weighted by Gasteiger charge is -2.09. The van der Waals surface area contributed by atoms with E-state index in [0.29, 0.717) is 18.1 Å². The highest BCUT2D eigenvalue weighted by molar-refractivity contribution is 6.13. The van der Waals surface area contributed by atoms with Gasteiger partial charge in [-0.1, -0.05) is 6.07 Å². The molecule has 0 radical (unpaired) electrons. The van der Waals surface area contributed by atoms with Gasteiger partial charge in [-0.15, -0.1) is 0 Å². The zero-order valence-electron chi connectivity index (χ0n) is 11.6. The standard InChI is InChI=1S/C14H16N2O4/c1-4-20-12-8-9(5-6-11(12)19-3)7-10-13(17)16(2)14(18)15-10/h5-8H,4H2,1-3H3,(H,15,18)/b10-7+. The first-order valence-corrected chi connectivity index (χ1v) is 6.18. The van der Waals surface area contributed by atoms with Crippen molar-refractivity contribution >= 4 is 18.0 Å². The summed E-state index contributed by atoms with van der Waals surface area (Å²) in [4.78, 5) is 24.2. The van der Waals surface area contributed by atoms with Crippen LogP contribution in [0.5, 0.6) is 11.5 Å². The fraction of sp³-hybridized carbons (Fsp3) is 0.286. The predicted molar refractivity (Wildman–Crippen MR) is 73.4 cm³/mol. The Hall–Kier alpha value is -2.50. The van der Waals surface area contributed by atoms with Gasteiger partial charge in [0.15, 0.2) is 11.5 Å². The SMILES string of the molecule is CCOc1cc(/C=C2/NC(=O)N(C)C2=O)ccc1OC. The summed E-state index contributed by atoms with van der Waals surface area (Å²) in [5, 5.41) is 2.51. The number of likely N-dealkylation sites (N-methyl/N-ethyl adjacent to an activating group) is 1. The van der Waals surface area contributed by atoms with E-state index in [1.165, 1.54) is 7.05 Å². The van der Waals surface area contributed by atoms with Gasteiger partial charge in [-0.3, -0.25) is 9.69 Å². The van der Waals surface area contributed by atoms with Crippen molar-refractivity contribution in [1.82, 2.24) is 10.2 Å². The van der Waals surface area contributed by atoms with Gasteiger partial charge >= 0.3 is 6.03 Å². The first kappa shape index (κ1) is 13.9. The molecular weight excluding hydrogens is 260 g/mol. The quantitative estimate of drug-likeness (QED) is 0.670. The van der Waals surface area contributed by atoms with Crippen LogP contribution in [0, 0.1) is 0 Å². The molecule has 6 nitrogen and oxygen atoms in total. The number of amides is 3. The molecule has 1 saturated heterocycles. The molecular formula is C14H16N2O4. The average Bonchev–Trinajstić information content (AvgIpc) is 2.67. The Morgan fingerprint density at radius 2 is 2.05 bits per heavy atom. The number of nitrogens with one attached hydrogen (secondary N) is 1. The van der Waals surface area contributed by atoms with Gasteiger partial charge in [-0.05, 0) is 30.7 Å². The lowest BCUT2D eigenvalue weighted by atomic mass is 10.1. The maximum absolute atomic E-state index is 11.8. The summed E-state index contributed by atoms with van der Waals surface area (Å²) in [6.45, 7) is 2.38. The van der Waals surface area contributed by atoms with Crippen LogP contribution in [0.4, 0.5) is 4.79 Å². The van der Waals surface area contributed by atoms with E-state index in [9.17, 15) is 9.59 Å². The minimum Gasteiger partial charge on any atom is -0.493 e. The number of nitrogens with zero attached hydrogens (tertiary/aromatic N) is 1. The van der Waals surface area contributed by atoms with Crippen molar-refractivity contribution in [2.24, 2.45) is 0 Å². The van der Waals surface area contributed by atoms with E-state index >= 15 is 0 Å². The minimum absolute atomic E-state index is 0.241. The van der Waals surface area contributed by atoms with Gasteiger partial charge < -0.3 is 14.8 Å². The monoisotopic (exact) mass is 276 g/mol. The first-order chi connectivity index (χ1) is 9.56. The lowest BCUT2D eigenvalue weighted by molar-refractivity contribution is -0.121. The number of methoxy groups -OCH3 is 1. The van der Waals surface area contributed by atoms with Gasteiger partial charge in [0.05, 0.1) is 13.7 Å². The molecule has 0 saturated carbocycles. The fourth-order valence-electron chi connectivity index (χ4n) is 1.84. The normalized spacial score (nSPS) is 16.6. The lowest BCUT2D eigenvalue weighted by Crippen LogP contribution is -2.25. The van der Waals surface area contributed by atoms with Gasteiger partial charge in [0.2, 0.25) is 0 Å². The second-order valence-electron chi connectivity index (χ2n) is 4.20. The number of ether oxygens (including phenoxy) is 2. The van der Waals surface area contributed by atoms with Crippen LogP contribution in [0.2, 0.25) is 0 Å². The van der Waals surface area contributed by atoms with Gasteiger partial charge in [0.1, 0.15) is 5.70 Å². The van der Waals surface area contributed by atoms with Crippen LogP contribution in [0.1, 0.15) is 12.5 Å². The number of carbonyl (C=O) groups is 2. The van der Waals surface area contributed by atoms with Crippen molar-refractivity contribution in [2.45, 2.75) is 6.92 Å². The third kappa shape index (κ3) is 2.59. The molecule has 1 fully saturated rings. The zero-order valence-corrected chi connectivity index (χ0v) is 11.6. The van der Waals surface area contributed by atoms with Crippen LogP contribution < -0.4 is 14.8 Å². The number of benzene rings is 1. The third-order valence-electron chi connectivity index (χ3n) is 2.88. The molecule has 1 aliphatic rings. The molecule has 1 heterocycles. The Bertz CT molecular complexity index is 581. The molecule has 3 amide bonds. The average molecular weight is 276 g/mol. The Morgan fingerprint density at radius 1 is 1.30 bits per heavy atom. The topological polar surface area (TPSA) is 67.9 Å². The highest BCUT2D eigenvalue weighted by Crippen LogP contribution is 2.29. The van der Waals surface area contributed by atoms with Crippen molar-refractivity contribution < 1.29 is 19.1 Å². The van der Waals surface area contributed by atoms with E-state index in [4.69, 9.17) is 9.47 Å². The predicted octanol–water partition coefficient (Wildman–Crippen LogP) is 1.62. The fourth-order valence-corrected chi connectivity index (χ4v) is 1.84. The summed E-state index contributed by atoms with van der Waals surface area (Å²) >= 11 is 0. The van der Waals surface area contributed by atoms with Gasteiger partial charge in [0.25, 0.3) is 5.91 Å². The Balaban J connectivity index is 2.32. The Labute approximate surface area is 117 Å². The highest BCUT2D eigenvalue weighted by Gasteiger charge is 2.29. The van der Waals surface area contributed by atoms with Crippen LogP contribution in [-0.4, -0.2) is 37.6 Å². The molecule has 1 aromatic rings. The molecule has 0 unspecified atom stereocenters. The van der Waals surface area contributed by atoms with Gasteiger partial charge in [0, 0.05) is 7.05 Å².